The van der Waals surface area contributed by atoms with Crippen LogP contribution in [-0.2, 0) is 25.2 Å². The van der Waals surface area contributed by atoms with E-state index in [9.17, 15) is 18.0 Å². The third-order valence-corrected chi connectivity index (χ3v) is 7.89. The predicted octanol–water partition coefficient (Wildman–Crippen LogP) is 5.65. The fourth-order valence-corrected chi connectivity index (χ4v) is 5.96. The summed E-state index contributed by atoms with van der Waals surface area (Å²) in [5, 5.41) is 0.795. The van der Waals surface area contributed by atoms with E-state index in [1.54, 1.807) is 49.7 Å². The van der Waals surface area contributed by atoms with Crippen LogP contribution in [0, 0.1) is 3.57 Å². The van der Waals surface area contributed by atoms with Crippen molar-refractivity contribution in [2.75, 3.05) is 18.0 Å². The van der Waals surface area contributed by atoms with E-state index >= 15 is 0 Å². The summed E-state index contributed by atoms with van der Waals surface area (Å²) in [4.78, 5) is 30.4. The van der Waals surface area contributed by atoms with Gasteiger partial charge in [0.1, 0.15) is 23.5 Å². The molecule has 0 amide bonds. The van der Waals surface area contributed by atoms with Gasteiger partial charge in [-0.15, -0.1) is 0 Å². The lowest BCUT2D eigenvalue weighted by molar-refractivity contribution is -0.152. The summed E-state index contributed by atoms with van der Waals surface area (Å²) in [5.74, 6) is -0.144. The average molecular weight is 684 g/mol. The predicted molar refractivity (Wildman–Crippen MR) is 162 cm³/mol. The molecular weight excluding hydrogens is 649 g/mol. The molecule has 216 valence electrons. The van der Waals surface area contributed by atoms with Gasteiger partial charge in [-0.1, -0.05) is 6.07 Å². The number of pyridine rings is 1. The first-order chi connectivity index (χ1) is 18.6. The molecule has 2 aromatic heterocycles. The molecule has 1 fully saturated rings. The van der Waals surface area contributed by atoms with Gasteiger partial charge in [0.05, 0.1) is 12.8 Å². The monoisotopic (exact) mass is 683 g/mol. The van der Waals surface area contributed by atoms with Crippen molar-refractivity contribution in [1.82, 2.24) is 9.55 Å². The smallest absolute Gasteiger partial charge is 0.420 e. The van der Waals surface area contributed by atoms with Crippen LogP contribution in [0.1, 0.15) is 66.0 Å². The number of thiol groups is 1. The van der Waals surface area contributed by atoms with Gasteiger partial charge in [-0.3, -0.25) is 9.10 Å². The number of anilines is 1. The molecule has 0 atom stereocenters. The molecule has 4 rings (SSSR count). The largest absolute Gasteiger partial charge is 0.495 e. The minimum absolute atomic E-state index is 0.196. The lowest BCUT2D eigenvalue weighted by Gasteiger charge is -2.24. The molecule has 12 heteroatoms. The summed E-state index contributed by atoms with van der Waals surface area (Å²) in [6, 6.07) is 6.99. The van der Waals surface area contributed by atoms with Crippen LogP contribution in [0.5, 0.6) is 5.75 Å². The molecule has 0 radical (unpaired) electrons. The molecule has 3 aromatic rings. The van der Waals surface area contributed by atoms with Gasteiger partial charge in [0.2, 0.25) is 10.9 Å². The minimum atomic E-state index is -3.19. The molecule has 0 spiro atoms. The van der Waals surface area contributed by atoms with Gasteiger partial charge in [0.15, 0.2) is 5.65 Å². The molecule has 40 heavy (non-hydrogen) atoms. The third kappa shape index (κ3) is 6.70. The Bertz CT molecular complexity index is 1540. The maximum absolute atomic E-state index is 13.2. The van der Waals surface area contributed by atoms with Crippen molar-refractivity contribution in [3.05, 3.63) is 39.7 Å². The van der Waals surface area contributed by atoms with Gasteiger partial charge in [-0.2, -0.15) is 0 Å². The van der Waals surface area contributed by atoms with Crippen LogP contribution >= 0.6 is 22.6 Å². The Balaban J connectivity index is 1.79. The first-order valence-electron chi connectivity index (χ1n) is 12.8. The Morgan fingerprint density at radius 2 is 1.70 bits per heavy atom. The summed E-state index contributed by atoms with van der Waals surface area (Å²) >= 11 is 2.25. The number of carbonyl (C=O) groups excluding carboxylic acids is 2. The van der Waals surface area contributed by atoms with E-state index < -0.39 is 40.7 Å². The van der Waals surface area contributed by atoms with Gasteiger partial charge in [0.25, 0.3) is 0 Å². The quantitative estimate of drug-likeness (QED) is 0.193. The molecule has 0 bridgehead atoms. The van der Waals surface area contributed by atoms with E-state index in [1.807, 2.05) is 26.8 Å². The Hall–Kier alpha value is -2.87. The van der Waals surface area contributed by atoms with Crippen LogP contribution in [0.15, 0.2) is 30.5 Å². The van der Waals surface area contributed by atoms with E-state index in [0.29, 0.717) is 16.8 Å². The summed E-state index contributed by atoms with van der Waals surface area (Å²) in [6.07, 6.45) is 3.15. The van der Waals surface area contributed by atoms with Crippen molar-refractivity contribution in [1.29, 1.82) is 0 Å². The Morgan fingerprint density at radius 1 is 1.05 bits per heavy atom. The summed E-state index contributed by atoms with van der Waals surface area (Å²) in [5.41, 5.74) is 1.54. The fourth-order valence-electron chi connectivity index (χ4n) is 4.31. The van der Waals surface area contributed by atoms with Crippen LogP contribution < -0.4 is 9.04 Å². The van der Waals surface area contributed by atoms with Gasteiger partial charge in [0, 0.05) is 32.3 Å². The van der Waals surface area contributed by atoms with Crippen molar-refractivity contribution in [3.8, 4) is 16.9 Å². The number of ether oxygens (including phenoxy) is 3. The summed E-state index contributed by atoms with van der Waals surface area (Å²) in [6.45, 7) is 10.1. The summed E-state index contributed by atoms with van der Waals surface area (Å²) in [7, 11) is -1.76. The molecule has 2 heterocycles. The molecule has 1 aliphatic rings. The van der Waals surface area contributed by atoms with Crippen molar-refractivity contribution in [2.24, 2.45) is 0 Å². The Labute approximate surface area is 249 Å². The second-order valence-corrected chi connectivity index (χ2v) is 13.7. The average Bonchev–Trinajstić information content (AvgIpc) is 3.63. The number of hydrogen-bond acceptors (Lipinski definition) is 8. The number of fused-ring (bicyclic) bond motifs is 1. The van der Waals surface area contributed by atoms with E-state index in [4.69, 9.17) is 14.2 Å². The maximum Gasteiger partial charge on any atom is 0.420 e. The first kappa shape index (κ1) is 30.1. The van der Waals surface area contributed by atoms with Crippen molar-refractivity contribution in [3.63, 3.8) is 0 Å². The lowest BCUT2D eigenvalue weighted by atomic mass is 10.1. The topological polar surface area (TPSA) is 117 Å². The number of rotatable bonds is 7. The molecule has 0 N–H and O–H groups in total. The summed E-state index contributed by atoms with van der Waals surface area (Å²) < 4.78 is 44.4. The van der Waals surface area contributed by atoms with Crippen molar-refractivity contribution in [2.45, 2.75) is 71.5 Å². The van der Waals surface area contributed by atoms with Crippen LogP contribution in [0.4, 0.5) is 10.5 Å². The number of nitrogens with zero attached hydrogens (tertiary/aromatic N) is 3. The second-order valence-electron chi connectivity index (χ2n) is 11.7. The number of esters is 1. The number of carbonyl (C=O) groups is 2. The zero-order valence-corrected chi connectivity index (χ0v) is 26.7. The van der Waals surface area contributed by atoms with E-state index in [-0.39, 0.29) is 17.4 Å². The highest BCUT2D eigenvalue weighted by atomic mass is 127. The van der Waals surface area contributed by atoms with Gasteiger partial charge >= 0.3 is 12.1 Å². The van der Waals surface area contributed by atoms with Crippen LogP contribution in [0.3, 0.4) is 0 Å². The van der Waals surface area contributed by atoms with Gasteiger partial charge in [-0.05, 0) is 101 Å². The maximum atomic E-state index is 13.2. The molecule has 0 saturated heterocycles. The van der Waals surface area contributed by atoms with Crippen LogP contribution in [0.25, 0.3) is 22.2 Å². The number of methoxy groups -OCH3 is 1. The molecule has 0 aliphatic heterocycles. The van der Waals surface area contributed by atoms with Crippen molar-refractivity contribution < 1.29 is 32.2 Å². The number of benzene rings is 1. The normalized spacial score (nSPS) is 13.9. The lowest BCUT2D eigenvalue weighted by Crippen LogP contribution is -2.34. The molecular formula is C28H34IN3O7S. The highest BCUT2D eigenvalue weighted by molar-refractivity contribution is 14.1. The Kier molecular flexibility index (Phi) is 8.42. The zero-order valence-electron chi connectivity index (χ0n) is 23.6. The SMILES string of the molecule is COc1ccc(-c2cnc3c(c2)c(I)c(C2CC2)n3C(=O)OC(C)(C)C)cc1N(CC(=O)OC(C)(C)C)[SH](=O)=O. The first-order valence-corrected chi connectivity index (χ1v) is 15.1. The molecule has 1 aromatic carbocycles. The second kappa shape index (κ2) is 11.2. The Morgan fingerprint density at radius 3 is 2.25 bits per heavy atom. The highest BCUT2D eigenvalue weighted by Crippen LogP contribution is 2.46. The van der Waals surface area contributed by atoms with Crippen LogP contribution in [0.2, 0.25) is 0 Å². The van der Waals surface area contributed by atoms with E-state index in [0.717, 1.165) is 31.8 Å². The number of aromatic nitrogens is 2. The molecule has 10 nitrogen and oxygen atoms in total. The number of hydrogen-bond donors (Lipinski definition) is 1. The fraction of sp³-hybridized carbons (Fsp3) is 0.464. The van der Waals surface area contributed by atoms with Crippen molar-refractivity contribution >= 4 is 62.3 Å². The van der Waals surface area contributed by atoms with E-state index in [1.165, 1.54) is 7.11 Å². The standard InChI is InChI=1S/C28H34IN3O7S/c1-27(2,3)38-22(33)15-31(40(35)36)20-13-17(10-11-21(20)37-7)18-12-19-23(29)24(16-8-9-16)32(25(19)30-14-18)26(34)39-28(4,5)6/h10-14,16,40H,8-9,15H2,1-7H3. The third-order valence-electron chi connectivity index (χ3n) is 6.01. The highest BCUT2D eigenvalue weighted by Gasteiger charge is 2.35. The van der Waals surface area contributed by atoms with Gasteiger partial charge in [-0.25, -0.2) is 22.8 Å². The van der Waals surface area contributed by atoms with Crippen LogP contribution in [-0.4, -0.2) is 54.9 Å². The van der Waals surface area contributed by atoms with E-state index in [2.05, 4.69) is 27.6 Å². The zero-order chi connectivity index (χ0) is 29.6. The van der Waals surface area contributed by atoms with Gasteiger partial charge < -0.3 is 14.2 Å². The minimum Gasteiger partial charge on any atom is -0.495 e. The molecule has 1 saturated carbocycles. The number of halogens is 1. The molecule has 0 unspecified atom stereocenters. The molecule has 1 aliphatic carbocycles.